The van der Waals surface area contributed by atoms with E-state index < -0.39 is 6.16 Å². The third kappa shape index (κ3) is 4.78. The number of allylic oxidation sites excluding steroid dienone is 1. The third-order valence-corrected chi connectivity index (χ3v) is 6.50. The van der Waals surface area contributed by atoms with Gasteiger partial charge in [0.2, 0.25) is 5.88 Å². The van der Waals surface area contributed by atoms with E-state index in [1.54, 1.807) is 6.20 Å². The van der Waals surface area contributed by atoms with Crippen LogP contribution in [0.2, 0.25) is 0 Å². The van der Waals surface area contributed by atoms with Gasteiger partial charge in [0.15, 0.2) is 0 Å². The Labute approximate surface area is 215 Å². The first kappa shape index (κ1) is 24.1. The lowest BCUT2D eigenvalue weighted by Gasteiger charge is -2.13. The number of H-pyrrole nitrogens is 1. The zero-order valence-corrected chi connectivity index (χ0v) is 20.9. The number of fused-ring (bicyclic) bond motifs is 2. The van der Waals surface area contributed by atoms with Crippen molar-refractivity contribution in [3.63, 3.8) is 0 Å². The van der Waals surface area contributed by atoms with E-state index in [2.05, 4.69) is 28.7 Å². The summed E-state index contributed by atoms with van der Waals surface area (Å²) in [5, 5.41) is 12.5. The second kappa shape index (κ2) is 10.2. The van der Waals surface area contributed by atoms with Gasteiger partial charge in [0.1, 0.15) is 5.75 Å². The van der Waals surface area contributed by atoms with Gasteiger partial charge >= 0.3 is 6.16 Å². The standard InChI is InChI=1S/C31H28N2O4/c1-19(2)28-27(20(3)16-17-32-28)25-13-7-12-23-24(30(33-29(23)25)37-31(34)35)14-8-18-36-26-15-6-10-21-9-4-5-11-22(21)26/h4-7,9-13,15-17,33H,1,8,14,18H2,2-3H3,(H,34,35). The second-order valence-electron chi connectivity index (χ2n) is 9.09. The highest BCUT2D eigenvalue weighted by Crippen LogP contribution is 2.39. The van der Waals surface area contributed by atoms with Crippen LogP contribution >= 0.6 is 0 Å². The number of benzene rings is 3. The highest BCUT2D eigenvalue weighted by atomic mass is 16.7. The Kier molecular flexibility index (Phi) is 6.64. The molecule has 0 amide bonds. The summed E-state index contributed by atoms with van der Waals surface area (Å²) >= 11 is 0. The fourth-order valence-corrected chi connectivity index (χ4v) is 4.86. The number of carboxylic acid groups (broad SMARTS) is 1. The SMILES string of the molecule is C=C(C)c1nccc(C)c1-c1cccc2c(CCCOc3cccc4ccccc34)c(OC(=O)O)[nH]c12. The maximum atomic E-state index is 11.5. The van der Waals surface area contributed by atoms with Crippen molar-refractivity contribution in [2.75, 3.05) is 6.61 Å². The van der Waals surface area contributed by atoms with E-state index in [0.29, 0.717) is 19.4 Å². The van der Waals surface area contributed by atoms with Gasteiger partial charge in [0.25, 0.3) is 0 Å². The molecule has 2 N–H and O–H groups in total. The highest BCUT2D eigenvalue weighted by Gasteiger charge is 2.20. The van der Waals surface area contributed by atoms with E-state index in [9.17, 15) is 9.90 Å². The lowest BCUT2D eigenvalue weighted by molar-refractivity contribution is 0.142. The van der Waals surface area contributed by atoms with Gasteiger partial charge in [-0.3, -0.25) is 4.98 Å². The summed E-state index contributed by atoms with van der Waals surface area (Å²) in [4.78, 5) is 19.3. The molecular weight excluding hydrogens is 464 g/mol. The van der Waals surface area contributed by atoms with Crippen molar-refractivity contribution >= 4 is 33.4 Å². The minimum Gasteiger partial charge on any atom is -0.493 e. The molecule has 0 aliphatic rings. The Hall–Kier alpha value is -4.58. The van der Waals surface area contributed by atoms with Crippen LogP contribution in [0.25, 0.3) is 38.4 Å². The Morgan fingerprint density at radius 3 is 2.59 bits per heavy atom. The summed E-state index contributed by atoms with van der Waals surface area (Å²) in [5.74, 6) is 1.07. The van der Waals surface area contributed by atoms with Gasteiger partial charge in [-0.2, -0.15) is 0 Å². The number of aryl methyl sites for hydroxylation is 2. The molecule has 37 heavy (non-hydrogen) atoms. The minimum absolute atomic E-state index is 0.235. The van der Waals surface area contributed by atoms with Crippen molar-refractivity contribution < 1.29 is 19.4 Å². The number of nitrogens with one attached hydrogen (secondary N) is 1. The first-order valence-corrected chi connectivity index (χ1v) is 12.2. The van der Waals surface area contributed by atoms with Crippen LogP contribution < -0.4 is 9.47 Å². The molecule has 186 valence electrons. The first-order valence-electron chi connectivity index (χ1n) is 12.2. The van der Waals surface area contributed by atoms with Crippen molar-refractivity contribution in [3.05, 3.63) is 96.3 Å². The van der Waals surface area contributed by atoms with E-state index in [1.807, 2.05) is 68.4 Å². The van der Waals surface area contributed by atoms with Crippen molar-refractivity contribution in [1.29, 1.82) is 0 Å². The Balaban J connectivity index is 1.47. The van der Waals surface area contributed by atoms with Gasteiger partial charge < -0.3 is 19.6 Å². The van der Waals surface area contributed by atoms with E-state index in [4.69, 9.17) is 9.47 Å². The van der Waals surface area contributed by atoms with E-state index in [1.165, 1.54) is 0 Å². The van der Waals surface area contributed by atoms with Gasteiger partial charge in [-0.1, -0.05) is 61.2 Å². The molecule has 6 nitrogen and oxygen atoms in total. The van der Waals surface area contributed by atoms with Crippen LogP contribution in [0.3, 0.4) is 0 Å². The topological polar surface area (TPSA) is 84.4 Å². The molecule has 3 aromatic carbocycles. The molecule has 0 aliphatic heterocycles. The summed E-state index contributed by atoms with van der Waals surface area (Å²) in [6.45, 7) is 8.54. The molecule has 2 heterocycles. The number of aromatic amines is 1. The molecule has 0 spiro atoms. The van der Waals surface area contributed by atoms with E-state index >= 15 is 0 Å². The fourth-order valence-electron chi connectivity index (χ4n) is 4.86. The van der Waals surface area contributed by atoms with Crippen molar-refractivity contribution in [3.8, 4) is 22.8 Å². The monoisotopic (exact) mass is 492 g/mol. The Bertz CT molecular complexity index is 1630. The molecule has 0 saturated carbocycles. The van der Waals surface area contributed by atoms with Gasteiger partial charge in [0.05, 0.1) is 17.8 Å². The number of ether oxygens (including phenoxy) is 2. The highest BCUT2D eigenvalue weighted by molar-refractivity contribution is 6.00. The molecule has 0 atom stereocenters. The number of rotatable bonds is 8. The fraction of sp³-hybridized carbons (Fsp3) is 0.161. The van der Waals surface area contributed by atoms with Gasteiger partial charge in [0, 0.05) is 33.7 Å². The zero-order chi connectivity index (χ0) is 25.9. The molecular formula is C31H28N2O4. The number of hydrogen-bond acceptors (Lipinski definition) is 4. The summed E-state index contributed by atoms with van der Waals surface area (Å²) < 4.78 is 11.3. The van der Waals surface area contributed by atoms with Gasteiger partial charge in [-0.25, -0.2) is 4.79 Å². The number of carbonyl (C=O) groups is 1. The molecule has 0 unspecified atom stereocenters. The van der Waals surface area contributed by atoms with Crippen molar-refractivity contribution in [1.82, 2.24) is 9.97 Å². The van der Waals surface area contributed by atoms with E-state index in [-0.39, 0.29) is 5.88 Å². The minimum atomic E-state index is -1.36. The van der Waals surface area contributed by atoms with Crippen LogP contribution in [0.1, 0.15) is 30.2 Å². The Morgan fingerprint density at radius 2 is 1.78 bits per heavy atom. The average molecular weight is 493 g/mol. The molecule has 6 heteroatoms. The van der Waals surface area contributed by atoms with Crippen molar-refractivity contribution in [2.24, 2.45) is 0 Å². The van der Waals surface area contributed by atoms with Crippen LogP contribution in [-0.2, 0) is 6.42 Å². The number of para-hydroxylation sites is 1. The molecule has 0 fully saturated rings. The number of hydrogen-bond donors (Lipinski definition) is 2. The van der Waals surface area contributed by atoms with Crippen LogP contribution in [0.15, 0.2) is 79.5 Å². The molecule has 2 aromatic heterocycles. The van der Waals surface area contributed by atoms with E-state index in [0.717, 1.165) is 60.9 Å². The average Bonchev–Trinajstić information content (AvgIpc) is 3.23. The quantitative estimate of drug-likeness (QED) is 0.171. The lowest BCUT2D eigenvalue weighted by Crippen LogP contribution is -2.06. The van der Waals surface area contributed by atoms with Gasteiger partial charge in [-0.05, 0) is 55.3 Å². The predicted octanol–water partition coefficient (Wildman–Crippen LogP) is 7.79. The first-order chi connectivity index (χ1) is 17.9. The maximum Gasteiger partial charge on any atom is 0.512 e. The van der Waals surface area contributed by atoms with Crippen molar-refractivity contribution in [2.45, 2.75) is 26.7 Å². The Morgan fingerprint density at radius 1 is 1.03 bits per heavy atom. The van der Waals surface area contributed by atoms with Gasteiger partial charge in [-0.15, -0.1) is 0 Å². The smallest absolute Gasteiger partial charge is 0.493 e. The number of aromatic nitrogens is 2. The van der Waals surface area contributed by atoms with Crippen LogP contribution in [-0.4, -0.2) is 27.8 Å². The summed E-state index contributed by atoms with van der Waals surface area (Å²) in [6, 6.07) is 22.0. The second-order valence-corrected chi connectivity index (χ2v) is 9.09. The zero-order valence-electron chi connectivity index (χ0n) is 20.9. The number of pyridine rings is 1. The van der Waals surface area contributed by atoms with Crippen LogP contribution in [0, 0.1) is 6.92 Å². The number of nitrogens with zero attached hydrogens (tertiary/aromatic N) is 1. The molecule has 0 radical (unpaired) electrons. The lowest BCUT2D eigenvalue weighted by atomic mass is 9.94. The summed E-state index contributed by atoms with van der Waals surface area (Å²) in [5.41, 5.74) is 6.23. The third-order valence-electron chi connectivity index (χ3n) is 6.50. The normalized spacial score (nSPS) is 11.1. The molecule has 5 rings (SSSR count). The maximum absolute atomic E-state index is 11.5. The molecule has 0 bridgehead atoms. The largest absolute Gasteiger partial charge is 0.512 e. The predicted molar refractivity (Wildman–Crippen MR) is 147 cm³/mol. The summed E-state index contributed by atoms with van der Waals surface area (Å²) in [7, 11) is 0. The molecule has 0 aliphatic carbocycles. The van der Waals surface area contributed by atoms with Crippen LogP contribution in [0.4, 0.5) is 4.79 Å². The molecule has 5 aromatic rings. The molecule has 0 saturated heterocycles. The summed E-state index contributed by atoms with van der Waals surface area (Å²) in [6.07, 6.45) is 1.68. The van der Waals surface area contributed by atoms with Crippen LogP contribution in [0.5, 0.6) is 11.6 Å².